The monoisotopic (exact) mass is 250 g/mol. The zero-order valence-corrected chi connectivity index (χ0v) is 10.6. The first-order valence-electron chi connectivity index (χ1n) is 5.31. The van der Waals surface area contributed by atoms with Gasteiger partial charge in [0.25, 0.3) is 0 Å². The zero-order valence-electron chi connectivity index (χ0n) is 9.80. The number of aryl methyl sites for hydroxylation is 2. The quantitative estimate of drug-likeness (QED) is 0.841. The molecule has 0 radical (unpaired) electrons. The van der Waals surface area contributed by atoms with Crippen LogP contribution in [0.15, 0.2) is 45.9 Å². The second-order valence-corrected chi connectivity index (χ2v) is 6.06. The van der Waals surface area contributed by atoms with Crippen molar-refractivity contribution in [2.45, 2.75) is 24.5 Å². The van der Waals surface area contributed by atoms with Crippen LogP contribution in [0, 0.1) is 13.8 Å². The van der Waals surface area contributed by atoms with Crippen LogP contribution in [0.1, 0.15) is 16.9 Å². The lowest BCUT2D eigenvalue weighted by Gasteiger charge is -2.04. The molecule has 0 spiro atoms. The Hall–Kier alpha value is -1.55. The molecule has 0 fully saturated rings. The van der Waals surface area contributed by atoms with Crippen molar-refractivity contribution >= 4 is 9.84 Å². The minimum absolute atomic E-state index is 0.0155. The van der Waals surface area contributed by atoms with Gasteiger partial charge in [-0.1, -0.05) is 17.7 Å². The molecule has 0 amide bonds. The summed E-state index contributed by atoms with van der Waals surface area (Å²) in [4.78, 5) is 0.351. The van der Waals surface area contributed by atoms with Gasteiger partial charge in [-0.15, -0.1) is 0 Å². The third-order valence-corrected chi connectivity index (χ3v) is 4.37. The van der Waals surface area contributed by atoms with Gasteiger partial charge >= 0.3 is 0 Å². The van der Waals surface area contributed by atoms with Crippen molar-refractivity contribution in [3.8, 4) is 0 Å². The number of sulfone groups is 1. The highest BCUT2D eigenvalue weighted by Crippen LogP contribution is 2.19. The molecule has 1 heterocycles. The molecular formula is C13H14O3S. The number of rotatable bonds is 3. The fraction of sp³-hybridized carbons (Fsp3) is 0.231. The molecule has 90 valence electrons. The van der Waals surface area contributed by atoms with Gasteiger partial charge in [0.15, 0.2) is 9.84 Å². The van der Waals surface area contributed by atoms with Crippen molar-refractivity contribution in [1.29, 1.82) is 0 Å². The standard InChI is InChI=1S/C13H14O3S/c1-10-3-5-13(6-4-10)17(14,15)9-12-7-8-16-11(12)2/h3-8H,9H2,1-2H3. The largest absolute Gasteiger partial charge is 0.469 e. The van der Waals surface area contributed by atoms with Gasteiger partial charge in [-0.25, -0.2) is 8.42 Å². The molecule has 0 aliphatic carbocycles. The smallest absolute Gasteiger partial charge is 0.182 e. The topological polar surface area (TPSA) is 47.3 Å². The fourth-order valence-electron chi connectivity index (χ4n) is 1.59. The van der Waals surface area contributed by atoms with Gasteiger partial charge in [0.1, 0.15) is 5.76 Å². The van der Waals surface area contributed by atoms with Crippen molar-refractivity contribution in [2.24, 2.45) is 0 Å². The van der Waals surface area contributed by atoms with E-state index < -0.39 is 9.84 Å². The SMILES string of the molecule is Cc1ccc(S(=O)(=O)Cc2ccoc2C)cc1. The van der Waals surface area contributed by atoms with E-state index >= 15 is 0 Å². The summed E-state index contributed by atoms with van der Waals surface area (Å²) >= 11 is 0. The van der Waals surface area contributed by atoms with Gasteiger partial charge < -0.3 is 4.42 Å². The average molecular weight is 250 g/mol. The Morgan fingerprint density at radius 3 is 2.24 bits per heavy atom. The number of hydrogen-bond donors (Lipinski definition) is 0. The summed E-state index contributed by atoms with van der Waals surface area (Å²) in [5.41, 5.74) is 1.76. The molecule has 0 saturated carbocycles. The molecule has 3 nitrogen and oxygen atoms in total. The summed E-state index contributed by atoms with van der Waals surface area (Å²) in [5.74, 6) is 0.638. The molecule has 4 heteroatoms. The predicted molar refractivity (Wildman–Crippen MR) is 65.5 cm³/mol. The number of furan rings is 1. The molecule has 1 aromatic carbocycles. The maximum atomic E-state index is 12.1. The average Bonchev–Trinajstić information content (AvgIpc) is 2.64. The van der Waals surface area contributed by atoms with E-state index in [1.54, 1.807) is 37.3 Å². The van der Waals surface area contributed by atoms with E-state index in [1.165, 1.54) is 6.26 Å². The zero-order chi connectivity index (χ0) is 12.5. The molecule has 0 bridgehead atoms. The summed E-state index contributed by atoms with van der Waals surface area (Å²) in [6.45, 7) is 3.69. The summed E-state index contributed by atoms with van der Waals surface area (Å²) in [6.07, 6.45) is 1.51. The van der Waals surface area contributed by atoms with Crippen molar-refractivity contribution in [2.75, 3.05) is 0 Å². The van der Waals surface area contributed by atoms with Gasteiger partial charge in [0.2, 0.25) is 0 Å². The summed E-state index contributed by atoms with van der Waals surface area (Å²) in [7, 11) is -3.28. The Bertz CT molecular complexity index is 606. The minimum Gasteiger partial charge on any atom is -0.469 e. The molecule has 17 heavy (non-hydrogen) atoms. The predicted octanol–water partition coefficient (Wildman–Crippen LogP) is 2.87. The van der Waals surface area contributed by atoms with E-state index in [0.29, 0.717) is 16.2 Å². The van der Waals surface area contributed by atoms with E-state index in [-0.39, 0.29) is 5.75 Å². The van der Waals surface area contributed by atoms with Crippen LogP contribution in [-0.4, -0.2) is 8.42 Å². The van der Waals surface area contributed by atoms with E-state index in [0.717, 1.165) is 5.56 Å². The van der Waals surface area contributed by atoms with Crippen molar-refractivity contribution in [1.82, 2.24) is 0 Å². The number of benzene rings is 1. The second-order valence-electron chi connectivity index (χ2n) is 4.07. The molecule has 1 aromatic heterocycles. The third kappa shape index (κ3) is 2.58. The van der Waals surface area contributed by atoms with Gasteiger partial charge in [-0.2, -0.15) is 0 Å². The van der Waals surface area contributed by atoms with Crippen molar-refractivity contribution < 1.29 is 12.8 Å². The normalized spacial score (nSPS) is 11.6. The van der Waals surface area contributed by atoms with Crippen LogP contribution in [0.2, 0.25) is 0 Å². The fourth-order valence-corrected chi connectivity index (χ4v) is 3.02. The number of hydrogen-bond acceptors (Lipinski definition) is 3. The van der Waals surface area contributed by atoms with E-state index in [9.17, 15) is 8.42 Å². The first-order valence-corrected chi connectivity index (χ1v) is 6.97. The van der Waals surface area contributed by atoms with E-state index in [2.05, 4.69) is 0 Å². The van der Waals surface area contributed by atoms with Gasteiger partial charge in [0.05, 0.1) is 16.9 Å². The lowest BCUT2D eigenvalue weighted by atomic mass is 10.2. The van der Waals surface area contributed by atoms with Gasteiger partial charge in [-0.3, -0.25) is 0 Å². The molecule has 0 saturated heterocycles. The van der Waals surface area contributed by atoms with Crippen LogP contribution in [0.5, 0.6) is 0 Å². The molecular weight excluding hydrogens is 236 g/mol. The molecule has 0 unspecified atom stereocenters. The van der Waals surface area contributed by atoms with Crippen LogP contribution in [0.3, 0.4) is 0 Å². The Morgan fingerprint density at radius 1 is 1.06 bits per heavy atom. The molecule has 0 N–H and O–H groups in total. The second kappa shape index (κ2) is 4.37. The molecule has 0 atom stereocenters. The van der Waals surface area contributed by atoms with Crippen molar-refractivity contribution in [3.05, 3.63) is 53.5 Å². The van der Waals surface area contributed by atoms with Gasteiger partial charge in [-0.05, 0) is 32.0 Å². The van der Waals surface area contributed by atoms with Crippen LogP contribution < -0.4 is 0 Å². The maximum Gasteiger partial charge on any atom is 0.182 e. The van der Waals surface area contributed by atoms with E-state index in [4.69, 9.17) is 4.42 Å². The van der Waals surface area contributed by atoms with Crippen LogP contribution in [0.4, 0.5) is 0 Å². The molecule has 2 aromatic rings. The van der Waals surface area contributed by atoms with Crippen molar-refractivity contribution in [3.63, 3.8) is 0 Å². The Kier molecular flexibility index (Phi) is 3.07. The highest BCUT2D eigenvalue weighted by Gasteiger charge is 2.17. The highest BCUT2D eigenvalue weighted by atomic mass is 32.2. The summed E-state index contributed by atoms with van der Waals surface area (Å²) < 4.78 is 29.3. The summed E-state index contributed by atoms with van der Waals surface area (Å²) in [5, 5.41) is 0. The van der Waals surface area contributed by atoms with Crippen LogP contribution in [0.25, 0.3) is 0 Å². The van der Waals surface area contributed by atoms with Crippen LogP contribution >= 0.6 is 0 Å². The first kappa shape index (κ1) is 11.9. The Balaban J connectivity index is 2.31. The first-order chi connectivity index (χ1) is 7.99. The lowest BCUT2D eigenvalue weighted by Crippen LogP contribution is -2.05. The van der Waals surface area contributed by atoms with E-state index in [1.807, 2.05) is 6.92 Å². The molecule has 0 aliphatic rings. The Morgan fingerprint density at radius 2 is 1.71 bits per heavy atom. The highest BCUT2D eigenvalue weighted by molar-refractivity contribution is 7.90. The molecule has 2 rings (SSSR count). The lowest BCUT2D eigenvalue weighted by molar-refractivity contribution is 0.530. The minimum atomic E-state index is -3.28. The van der Waals surface area contributed by atoms with Crippen LogP contribution in [-0.2, 0) is 15.6 Å². The van der Waals surface area contributed by atoms with Gasteiger partial charge in [0, 0.05) is 5.56 Å². The Labute approximate surface area is 101 Å². The summed E-state index contributed by atoms with van der Waals surface area (Å²) in [6, 6.07) is 8.57. The third-order valence-electron chi connectivity index (χ3n) is 2.69. The maximum absolute atomic E-state index is 12.1. The molecule has 0 aliphatic heterocycles.